The highest BCUT2D eigenvalue weighted by Crippen LogP contribution is 2.19. The Morgan fingerprint density at radius 3 is 3.07 bits per heavy atom. The maximum Gasteiger partial charge on any atom is 0.0213 e. The van der Waals surface area contributed by atoms with Crippen LogP contribution in [0.1, 0.15) is 37.7 Å². The third-order valence-electron chi connectivity index (χ3n) is 2.92. The molecule has 0 saturated heterocycles. The normalized spacial score (nSPS) is 16.4. The first kappa shape index (κ1) is 10.9. The van der Waals surface area contributed by atoms with Gasteiger partial charge in [0.2, 0.25) is 0 Å². The topological polar surface area (TPSA) is 12.0 Å². The van der Waals surface area contributed by atoms with Gasteiger partial charge in [0.05, 0.1) is 0 Å². The van der Waals surface area contributed by atoms with Gasteiger partial charge in [-0.3, -0.25) is 0 Å². The molecule has 1 aliphatic rings. The fourth-order valence-corrected chi connectivity index (χ4v) is 2.68. The van der Waals surface area contributed by atoms with Crippen LogP contribution in [0, 0.1) is 0 Å². The van der Waals surface area contributed by atoms with Gasteiger partial charge in [-0.1, -0.05) is 11.6 Å². The minimum absolute atomic E-state index is 1.02. The summed E-state index contributed by atoms with van der Waals surface area (Å²) < 4.78 is 0. The molecule has 0 unspecified atom stereocenters. The summed E-state index contributed by atoms with van der Waals surface area (Å²) in [6.07, 6.45) is 9.11. The molecular formula is C13H19NS. The van der Waals surface area contributed by atoms with E-state index in [4.69, 9.17) is 0 Å². The van der Waals surface area contributed by atoms with E-state index in [9.17, 15) is 0 Å². The lowest BCUT2D eigenvalue weighted by Crippen LogP contribution is -2.15. The van der Waals surface area contributed by atoms with Crippen molar-refractivity contribution in [2.24, 2.45) is 0 Å². The highest BCUT2D eigenvalue weighted by Gasteiger charge is 2.02. The lowest BCUT2D eigenvalue weighted by molar-refractivity contribution is 0.633. The van der Waals surface area contributed by atoms with Gasteiger partial charge in [-0.2, -0.15) is 11.3 Å². The molecule has 1 aromatic rings. The van der Waals surface area contributed by atoms with Crippen molar-refractivity contribution in [2.75, 3.05) is 6.54 Å². The van der Waals surface area contributed by atoms with Gasteiger partial charge in [-0.15, -0.1) is 0 Å². The predicted molar refractivity (Wildman–Crippen MR) is 67.2 cm³/mol. The number of nitrogens with one attached hydrogen (secondary N) is 1. The summed E-state index contributed by atoms with van der Waals surface area (Å²) >= 11 is 1.77. The zero-order chi connectivity index (χ0) is 10.3. The van der Waals surface area contributed by atoms with Crippen LogP contribution in [0.3, 0.4) is 0 Å². The first-order valence-electron chi connectivity index (χ1n) is 5.85. The van der Waals surface area contributed by atoms with Crippen molar-refractivity contribution in [2.45, 2.75) is 38.6 Å². The van der Waals surface area contributed by atoms with Crippen molar-refractivity contribution >= 4 is 11.3 Å². The van der Waals surface area contributed by atoms with Crippen molar-refractivity contribution in [1.29, 1.82) is 0 Å². The molecule has 0 amide bonds. The molecule has 2 heteroatoms. The van der Waals surface area contributed by atoms with Crippen LogP contribution in [0.2, 0.25) is 0 Å². The van der Waals surface area contributed by atoms with Gasteiger partial charge in [0.15, 0.2) is 0 Å². The highest BCUT2D eigenvalue weighted by atomic mass is 32.1. The van der Waals surface area contributed by atoms with Crippen molar-refractivity contribution in [1.82, 2.24) is 5.32 Å². The minimum atomic E-state index is 1.02. The Hall–Kier alpha value is -0.600. The first-order chi connectivity index (χ1) is 7.45. The molecular weight excluding hydrogens is 202 g/mol. The van der Waals surface area contributed by atoms with Gasteiger partial charge in [-0.05, 0) is 61.0 Å². The van der Waals surface area contributed by atoms with E-state index >= 15 is 0 Å². The van der Waals surface area contributed by atoms with Gasteiger partial charge in [0, 0.05) is 6.54 Å². The van der Waals surface area contributed by atoms with Crippen LogP contribution in [0.4, 0.5) is 0 Å². The third-order valence-corrected chi connectivity index (χ3v) is 3.65. The molecule has 1 nitrogen and oxygen atoms in total. The molecule has 0 atom stereocenters. The van der Waals surface area contributed by atoms with E-state index in [1.165, 1.54) is 37.7 Å². The second-order valence-electron chi connectivity index (χ2n) is 4.17. The number of allylic oxidation sites excluding steroid dienone is 1. The van der Waals surface area contributed by atoms with Crippen molar-refractivity contribution in [3.05, 3.63) is 34.0 Å². The highest BCUT2D eigenvalue weighted by molar-refractivity contribution is 7.07. The maximum atomic E-state index is 3.50. The Morgan fingerprint density at radius 2 is 2.33 bits per heavy atom. The molecule has 2 rings (SSSR count). The lowest BCUT2D eigenvalue weighted by atomic mass is 9.97. The largest absolute Gasteiger partial charge is 0.312 e. The first-order valence-corrected chi connectivity index (χ1v) is 6.79. The fourth-order valence-electron chi connectivity index (χ4n) is 2.01. The molecule has 15 heavy (non-hydrogen) atoms. The van der Waals surface area contributed by atoms with E-state index in [-0.39, 0.29) is 0 Å². The SMILES string of the molecule is C1=C(CCNCc2ccsc2)CCCC1. The lowest BCUT2D eigenvalue weighted by Gasteiger charge is -2.12. The Labute approximate surface area is 96.2 Å². The minimum Gasteiger partial charge on any atom is -0.312 e. The van der Waals surface area contributed by atoms with Gasteiger partial charge in [-0.25, -0.2) is 0 Å². The molecule has 0 aromatic carbocycles. The van der Waals surface area contributed by atoms with Crippen molar-refractivity contribution in [3.8, 4) is 0 Å². The summed E-state index contributed by atoms with van der Waals surface area (Å²) in [6.45, 7) is 2.15. The van der Waals surface area contributed by atoms with Crippen LogP contribution in [0.5, 0.6) is 0 Å². The molecule has 0 saturated carbocycles. The Bertz CT molecular complexity index is 300. The van der Waals surface area contributed by atoms with Gasteiger partial charge in [0.25, 0.3) is 0 Å². The van der Waals surface area contributed by atoms with E-state index in [1.807, 2.05) is 0 Å². The van der Waals surface area contributed by atoms with Crippen molar-refractivity contribution < 1.29 is 0 Å². The number of hydrogen-bond acceptors (Lipinski definition) is 2. The van der Waals surface area contributed by atoms with Crippen LogP contribution >= 0.6 is 11.3 Å². The molecule has 0 bridgehead atoms. The summed E-state index contributed by atoms with van der Waals surface area (Å²) in [5.41, 5.74) is 3.08. The zero-order valence-electron chi connectivity index (χ0n) is 9.17. The van der Waals surface area contributed by atoms with Crippen LogP contribution in [-0.2, 0) is 6.54 Å². The molecule has 1 aromatic heterocycles. The molecule has 1 heterocycles. The van der Waals surface area contributed by atoms with E-state index in [2.05, 4.69) is 28.2 Å². The zero-order valence-corrected chi connectivity index (χ0v) is 9.98. The Kier molecular flexibility index (Phi) is 4.42. The van der Waals surface area contributed by atoms with Gasteiger partial charge >= 0.3 is 0 Å². The predicted octanol–water partition coefficient (Wildman–Crippen LogP) is 3.73. The standard InChI is InChI=1S/C13H19NS/c1-2-4-12(5-3-1)6-8-14-10-13-7-9-15-11-13/h4,7,9,11,14H,1-3,5-6,8,10H2. The Morgan fingerprint density at radius 1 is 1.33 bits per heavy atom. The molecule has 0 aliphatic heterocycles. The number of thiophene rings is 1. The summed E-state index contributed by atoms with van der Waals surface area (Å²) in [7, 11) is 0. The average Bonchev–Trinajstić information content (AvgIpc) is 2.79. The maximum absolute atomic E-state index is 3.50. The van der Waals surface area contributed by atoms with Gasteiger partial charge in [0.1, 0.15) is 0 Å². The van der Waals surface area contributed by atoms with Crippen LogP contribution < -0.4 is 5.32 Å². The van der Waals surface area contributed by atoms with E-state index < -0.39 is 0 Å². The van der Waals surface area contributed by atoms with Crippen LogP contribution in [0.25, 0.3) is 0 Å². The van der Waals surface area contributed by atoms with Crippen LogP contribution in [0.15, 0.2) is 28.5 Å². The number of rotatable bonds is 5. The summed E-state index contributed by atoms with van der Waals surface area (Å²) in [4.78, 5) is 0. The second kappa shape index (κ2) is 6.09. The quantitative estimate of drug-likeness (QED) is 0.590. The van der Waals surface area contributed by atoms with Crippen LogP contribution in [-0.4, -0.2) is 6.54 Å². The molecule has 1 aliphatic carbocycles. The van der Waals surface area contributed by atoms with Gasteiger partial charge < -0.3 is 5.32 Å². The summed E-state index contributed by atoms with van der Waals surface area (Å²) in [6, 6.07) is 2.19. The molecule has 0 radical (unpaired) electrons. The molecule has 1 N–H and O–H groups in total. The second-order valence-corrected chi connectivity index (χ2v) is 4.95. The fraction of sp³-hybridized carbons (Fsp3) is 0.538. The molecule has 0 fully saturated rings. The smallest absolute Gasteiger partial charge is 0.0213 e. The number of hydrogen-bond donors (Lipinski definition) is 1. The van der Waals surface area contributed by atoms with Crippen molar-refractivity contribution in [3.63, 3.8) is 0 Å². The average molecular weight is 221 g/mol. The molecule has 0 spiro atoms. The van der Waals surface area contributed by atoms with E-state index in [0.29, 0.717) is 0 Å². The monoisotopic (exact) mass is 221 g/mol. The summed E-state index contributed by atoms with van der Waals surface area (Å²) in [5.74, 6) is 0. The third kappa shape index (κ3) is 3.80. The summed E-state index contributed by atoms with van der Waals surface area (Å²) in [5, 5.41) is 7.86. The van der Waals surface area contributed by atoms with E-state index in [1.54, 1.807) is 16.9 Å². The Balaban J connectivity index is 1.60. The molecule has 82 valence electrons. The van der Waals surface area contributed by atoms with E-state index in [0.717, 1.165) is 13.1 Å².